The van der Waals surface area contributed by atoms with Crippen LogP contribution in [0.2, 0.25) is 0 Å². The largest absolute Gasteiger partial charge is 0.772 e. The fourth-order valence-electron chi connectivity index (χ4n) is 0. The van der Waals surface area contributed by atoms with Gasteiger partial charge in [-0.05, 0) is 0 Å². The van der Waals surface area contributed by atoms with E-state index in [0.29, 0.717) is 0 Å². The van der Waals surface area contributed by atoms with Crippen LogP contribution in [0.25, 0.3) is 0 Å². The molecule has 38 valence electrons. The van der Waals surface area contributed by atoms with E-state index in [0.717, 1.165) is 0 Å². The molecule has 1 unspecified atom stereocenters. The number of hydrogen-bond acceptors (Lipinski definition) is 2. The molecule has 0 aliphatic carbocycles. The van der Waals surface area contributed by atoms with Crippen LogP contribution in [-0.4, -0.2) is 14.5 Å². The summed E-state index contributed by atoms with van der Waals surface area (Å²) in [5, 5.41) is 0. The van der Waals surface area contributed by atoms with Crippen LogP contribution >= 0.6 is 0 Å². The molecule has 1 atom stereocenters. The molecule has 0 aromatic carbocycles. The first-order valence-electron chi connectivity index (χ1n) is 1.33. The van der Waals surface area contributed by atoms with Gasteiger partial charge in [0.2, 0.25) is 0 Å². The molecule has 0 amide bonds. The van der Waals surface area contributed by atoms with Crippen molar-refractivity contribution in [3.05, 3.63) is 0 Å². The van der Waals surface area contributed by atoms with E-state index in [1.54, 1.807) is 6.92 Å². The van der Waals surface area contributed by atoms with Gasteiger partial charge in [0.15, 0.2) is 0 Å². The minimum atomic E-state index is -1.82. The Morgan fingerprint density at radius 3 is 2.00 bits per heavy atom. The minimum absolute atomic E-state index is 0. The summed E-state index contributed by atoms with van der Waals surface area (Å²) in [6, 6.07) is 0. The fourth-order valence-corrected chi connectivity index (χ4v) is 0. The molecular weight excluding hydrogens is 272 g/mol. The molecule has 0 N–H and O–H groups in total. The van der Waals surface area contributed by atoms with Crippen LogP contribution in [-0.2, 0) is 32.1 Å². The molecule has 0 heterocycles. The Morgan fingerprint density at radius 2 is 2.00 bits per heavy atom. The molecule has 0 fully saturated rings. The van der Waals surface area contributed by atoms with E-state index in [2.05, 4.69) is 0 Å². The molecule has 0 aliphatic heterocycles. The average Bonchev–Trinajstić information content (AvgIpc) is 1.38. The van der Waals surface area contributed by atoms with Gasteiger partial charge in [-0.1, -0.05) is 18.0 Å². The van der Waals surface area contributed by atoms with Gasteiger partial charge >= 0.3 is 0 Å². The quantitative estimate of drug-likeness (QED) is 0.627. The first-order valence-corrected chi connectivity index (χ1v) is 2.57. The Labute approximate surface area is 53.9 Å². The van der Waals surface area contributed by atoms with Crippen molar-refractivity contribution in [2.75, 3.05) is 5.75 Å². The maximum Gasteiger partial charge on any atom is 0.00731 e. The summed E-state index contributed by atoms with van der Waals surface area (Å²) < 4.78 is 18.7. The minimum Gasteiger partial charge on any atom is -0.772 e. The van der Waals surface area contributed by atoms with E-state index in [4.69, 9.17) is 0 Å². The zero-order valence-corrected chi connectivity index (χ0v) is 7.09. The first-order chi connectivity index (χ1) is 2.27. The zero-order valence-electron chi connectivity index (χ0n) is 3.34. The van der Waals surface area contributed by atoms with Crippen LogP contribution in [0.3, 0.4) is 0 Å². The van der Waals surface area contributed by atoms with Gasteiger partial charge in [-0.3, -0.25) is 4.21 Å². The summed E-state index contributed by atoms with van der Waals surface area (Å²) in [7, 11) is 0. The third kappa shape index (κ3) is 8.84. The molecule has 0 saturated heterocycles. The Morgan fingerprint density at radius 1 is 1.83 bits per heavy atom. The van der Waals surface area contributed by atoms with E-state index in [9.17, 15) is 8.76 Å². The van der Waals surface area contributed by atoms with Crippen molar-refractivity contribution >= 4 is 11.1 Å². The molecule has 4 heteroatoms. The molecule has 0 rings (SSSR count). The van der Waals surface area contributed by atoms with Crippen LogP contribution in [0.1, 0.15) is 6.92 Å². The molecule has 0 aliphatic rings. The summed E-state index contributed by atoms with van der Waals surface area (Å²) in [6.45, 7) is 1.59. The van der Waals surface area contributed by atoms with E-state index < -0.39 is 11.1 Å². The van der Waals surface area contributed by atoms with Crippen LogP contribution in [0.5, 0.6) is 0 Å². The maximum absolute atomic E-state index is 9.37. The third-order valence-electron chi connectivity index (χ3n) is 0.236. The smallest absolute Gasteiger partial charge is 0.00731 e. The summed E-state index contributed by atoms with van der Waals surface area (Å²) in [5.41, 5.74) is 0. The standard InChI is InChI=1S/C2H6O2S.W/c1-2-5(3)4;/h2H2,1H3,(H,3,4);/p-1. The topological polar surface area (TPSA) is 40.1 Å². The summed E-state index contributed by atoms with van der Waals surface area (Å²) in [6.07, 6.45) is 0. The zero-order chi connectivity index (χ0) is 4.28. The third-order valence-corrected chi connectivity index (χ3v) is 0.707. The second kappa shape index (κ2) is 5.80. The van der Waals surface area contributed by atoms with Gasteiger partial charge in [-0.25, -0.2) is 0 Å². The van der Waals surface area contributed by atoms with Crippen molar-refractivity contribution in [1.29, 1.82) is 0 Å². The van der Waals surface area contributed by atoms with E-state index >= 15 is 0 Å². The van der Waals surface area contributed by atoms with Gasteiger partial charge in [0.05, 0.1) is 0 Å². The maximum atomic E-state index is 9.37. The van der Waals surface area contributed by atoms with Crippen molar-refractivity contribution in [2.45, 2.75) is 6.92 Å². The van der Waals surface area contributed by atoms with Crippen molar-refractivity contribution in [1.82, 2.24) is 0 Å². The Bertz CT molecular complexity index is 46.8. The summed E-state index contributed by atoms with van der Waals surface area (Å²) >= 11 is -1.82. The van der Waals surface area contributed by atoms with Crippen LogP contribution in [0, 0.1) is 0 Å². The molecule has 0 bridgehead atoms. The van der Waals surface area contributed by atoms with Gasteiger partial charge in [-0.2, -0.15) is 0 Å². The SMILES string of the molecule is CCS(=O)[O-].[W]. The van der Waals surface area contributed by atoms with E-state index in [1.165, 1.54) is 0 Å². The molecule has 0 radical (unpaired) electrons. The van der Waals surface area contributed by atoms with E-state index in [-0.39, 0.29) is 26.8 Å². The number of rotatable bonds is 1. The Kier molecular flexibility index (Phi) is 9.59. The second-order valence-corrected chi connectivity index (χ2v) is 1.78. The monoisotopic (exact) mass is 277 g/mol. The Hall–Kier alpha value is 0.798. The van der Waals surface area contributed by atoms with E-state index in [1.807, 2.05) is 0 Å². The van der Waals surface area contributed by atoms with Crippen molar-refractivity contribution in [2.24, 2.45) is 0 Å². The predicted octanol–water partition coefficient (Wildman–Crippen LogP) is -0.117. The first kappa shape index (κ1) is 9.93. The predicted molar refractivity (Wildman–Crippen MR) is 19.5 cm³/mol. The molecule has 0 spiro atoms. The molecular formula is C2H5O2SW-. The Balaban J connectivity index is 0. The van der Waals surface area contributed by atoms with Gasteiger partial charge in [0, 0.05) is 26.8 Å². The van der Waals surface area contributed by atoms with Crippen LogP contribution in [0.15, 0.2) is 0 Å². The molecule has 0 saturated carbocycles. The molecule has 6 heavy (non-hydrogen) atoms. The van der Waals surface area contributed by atoms with Crippen molar-refractivity contribution in [3.8, 4) is 0 Å². The van der Waals surface area contributed by atoms with Gasteiger partial charge < -0.3 is 4.55 Å². The average molecular weight is 277 g/mol. The normalized spacial score (nSPS) is 12.3. The summed E-state index contributed by atoms with van der Waals surface area (Å²) in [5.74, 6) is 0.222. The van der Waals surface area contributed by atoms with Crippen molar-refractivity contribution in [3.63, 3.8) is 0 Å². The van der Waals surface area contributed by atoms with Crippen molar-refractivity contribution < 1.29 is 29.8 Å². The fraction of sp³-hybridized carbons (Fsp3) is 1.00. The van der Waals surface area contributed by atoms with Crippen LogP contribution < -0.4 is 0 Å². The van der Waals surface area contributed by atoms with Gasteiger partial charge in [0.1, 0.15) is 0 Å². The molecule has 2 nitrogen and oxygen atoms in total. The van der Waals surface area contributed by atoms with Crippen LogP contribution in [0.4, 0.5) is 0 Å². The van der Waals surface area contributed by atoms with Gasteiger partial charge in [0.25, 0.3) is 0 Å². The second-order valence-electron chi connectivity index (χ2n) is 0.592. The van der Waals surface area contributed by atoms with Gasteiger partial charge in [-0.15, -0.1) is 0 Å². The summed E-state index contributed by atoms with van der Waals surface area (Å²) in [4.78, 5) is 0. The molecule has 0 aromatic rings. The molecule has 0 aromatic heterocycles. The number of hydrogen-bond donors (Lipinski definition) is 0.